The van der Waals surface area contributed by atoms with Crippen LogP contribution in [0.4, 0.5) is 10.2 Å². The van der Waals surface area contributed by atoms with Crippen molar-refractivity contribution in [3.8, 4) is 0 Å². The molecule has 4 atom stereocenters. The minimum atomic E-state index is -1.73. The molecule has 3 N–H and O–H groups in total. The molecular formula is C15H19ClFN5O4. The molecule has 142 valence electrons. The first-order valence-corrected chi connectivity index (χ1v) is 8.79. The molecule has 11 heteroatoms. The highest BCUT2D eigenvalue weighted by molar-refractivity contribution is 6.28. The molecule has 2 fully saturated rings. The average Bonchev–Trinajstić information content (AvgIpc) is 3.17. The van der Waals surface area contributed by atoms with E-state index in [0.29, 0.717) is 24.5 Å². The number of alkyl halides is 1. The second-order valence-electron chi connectivity index (χ2n) is 6.38. The predicted molar refractivity (Wildman–Crippen MR) is 89.7 cm³/mol. The fraction of sp³-hybridized carbons (Fsp3) is 0.667. The van der Waals surface area contributed by atoms with Gasteiger partial charge in [0.25, 0.3) is 0 Å². The summed E-state index contributed by atoms with van der Waals surface area (Å²) >= 11 is 6.05. The van der Waals surface area contributed by atoms with Crippen LogP contribution in [0.5, 0.6) is 0 Å². The Hall–Kier alpha value is -1.59. The molecule has 0 radical (unpaired) electrons. The molecular weight excluding hydrogens is 369 g/mol. The smallest absolute Gasteiger partial charge is 0.226 e. The van der Waals surface area contributed by atoms with Crippen LogP contribution < -0.4 is 5.32 Å². The first kappa shape index (κ1) is 17.8. The van der Waals surface area contributed by atoms with Gasteiger partial charge in [-0.2, -0.15) is 9.97 Å². The zero-order valence-corrected chi connectivity index (χ0v) is 14.5. The molecule has 0 amide bonds. The Balaban J connectivity index is 1.67. The summed E-state index contributed by atoms with van der Waals surface area (Å²) in [4.78, 5) is 12.6. The number of halogens is 2. The number of aliphatic hydroxyl groups excluding tert-OH is 2. The van der Waals surface area contributed by atoms with Gasteiger partial charge in [0.05, 0.1) is 12.9 Å². The minimum Gasteiger partial charge on any atom is -0.394 e. The number of aromatic nitrogens is 4. The van der Waals surface area contributed by atoms with Gasteiger partial charge in [-0.05, 0) is 24.4 Å². The highest BCUT2D eigenvalue weighted by Crippen LogP contribution is 2.34. The highest BCUT2D eigenvalue weighted by atomic mass is 35.5. The first-order chi connectivity index (χ1) is 12.6. The Kier molecular flexibility index (Phi) is 4.93. The third-order valence-corrected chi connectivity index (χ3v) is 4.87. The summed E-state index contributed by atoms with van der Waals surface area (Å²) in [7, 11) is 0. The van der Waals surface area contributed by atoms with Crippen LogP contribution in [0.25, 0.3) is 11.2 Å². The van der Waals surface area contributed by atoms with Gasteiger partial charge in [-0.1, -0.05) is 0 Å². The van der Waals surface area contributed by atoms with Crippen LogP contribution in [-0.4, -0.2) is 74.0 Å². The molecule has 0 unspecified atom stereocenters. The summed E-state index contributed by atoms with van der Waals surface area (Å²) in [5, 5.41) is 22.3. The number of rotatable bonds is 4. The molecule has 0 spiro atoms. The fourth-order valence-electron chi connectivity index (χ4n) is 3.29. The van der Waals surface area contributed by atoms with Crippen LogP contribution in [0.15, 0.2) is 6.33 Å². The molecule has 0 aliphatic carbocycles. The molecule has 4 heterocycles. The lowest BCUT2D eigenvalue weighted by atomic mass is 10.1. The van der Waals surface area contributed by atoms with E-state index in [1.165, 1.54) is 10.9 Å². The number of imidazole rings is 1. The Morgan fingerprint density at radius 2 is 2.12 bits per heavy atom. The van der Waals surface area contributed by atoms with Crippen molar-refractivity contribution in [2.45, 2.75) is 43.5 Å². The summed E-state index contributed by atoms with van der Waals surface area (Å²) < 4.78 is 26.6. The monoisotopic (exact) mass is 387 g/mol. The van der Waals surface area contributed by atoms with E-state index in [-0.39, 0.29) is 17.0 Å². The van der Waals surface area contributed by atoms with Crippen LogP contribution in [0.3, 0.4) is 0 Å². The van der Waals surface area contributed by atoms with Crippen molar-refractivity contribution in [1.29, 1.82) is 0 Å². The first-order valence-electron chi connectivity index (χ1n) is 8.41. The van der Waals surface area contributed by atoms with Crippen LogP contribution in [0.1, 0.15) is 19.1 Å². The van der Waals surface area contributed by atoms with E-state index in [1.807, 2.05) is 0 Å². The van der Waals surface area contributed by atoms with Crippen molar-refractivity contribution < 1.29 is 24.1 Å². The van der Waals surface area contributed by atoms with Gasteiger partial charge in [0.2, 0.25) is 5.28 Å². The molecule has 2 saturated heterocycles. The van der Waals surface area contributed by atoms with Crippen LogP contribution in [0, 0.1) is 0 Å². The second kappa shape index (κ2) is 7.20. The van der Waals surface area contributed by atoms with Gasteiger partial charge in [0, 0.05) is 19.3 Å². The van der Waals surface area contributed by atoms with Crippen molar-refractivity contribution in [3.63, 3.8) is 0 Å². The fourth-order valence-corrected chi connectivity index (χ4v) is 3.46. The van der Waals surface area contributed by atoms with Crippen molar-refractivity contribution in [1.82, 2.24) is 19.5 Å². The number of aliphatic hydroxyl groups is 2. The second-order valence-corrected chi connectivity index (χ2v) is 6.72. The van der Waals surface area contributed by atoms with Crippen molar-refractivity contribution in [2.24, 2.45) is 0 Å². The molecule has 2 aliphatic rings. The molecule has 9 nitrogen and oxygen atoms in total. The van der Waals surface area contributed by atoms with Gasteiger partial charge in [-0.3, -0.25) is 4.57 Å². The number of hydrogen-bond acceptors (Lipinski definition) is 8. The Bertz CT molecular complexity index is 787. The summed E-state index contributed by atoms with van der Waals surface area (Å²) in [5.74, 6) is 0.457. The van der Waals surface area contributed by atoms with Crippen molar-refractivity contribution in [3.05, 3.63) is 11.6 Å². The van der Waals surface area contributed by atoms with E-state index in [4.69, 9.17) is 21.1 Å². The number of ether oxygens (including phenoxy) is 2. The SMILES string of the molecule is OC[C@H]1O[C@@H](n2cnc3c(NC4CCOCC4)nc(Cl)nc32)[C@@H](F)[C@@H]1O. The molecule has 0 bridgehead atoms. The topological polar surface area (TPSA) is 115 Å². The molecule has 2 aromatic heterocycles. The van der Waals surface area contributed by atoms with Crippen LogP contribution in [0.2, 0.25) is 5.28 Å². The van der Waals surface area contributed by atoms with Gasteiger partial charge in [-0.25, -0.2) is 9.37 Å². The molecule has 4 rings (SSSR count). The predicted octanol–water partition coefficient (Wildman–Crippen LogP) is 0.659. The van der Waals surface area contributed by atoms with Gasteiger partial charge < -0.3 is 25.0 Å². The molecule has 2 aliphatic heterocycles. The summed E-state index contributed by atoms with van der Waals surface area (Å²) in [6.45, 7) is 0.832. The minimum absolute atomic E-state index is 0.0125. The maximum Gasteiger partial charge on any atom is 0.226 e. The lowest BCUT2D eigenvalue weighted by molar-refractivity contribution is -0.0459. The van der Waals surface area contributed by atoms with E-state index >= 15 is 0 Å². The van der Waals surface area contributed by atoms with E-state index in [2.05, 4.69) is 20.3 Å². The number of nitrogens with zero attached hydrogens (tertiary/aromatic N) is 4. The van der Waals surface area contributed by atoms with Gasteiger partial charge in [0.15, 0.2) is 29.4 Å². The van der Waals surface area contributed by atoms with E-state index in [0.717, 1.165) is 12.8 Å². The number of hydrogen-bond donors (Lipinski definition) is 3. The van der Waals surface area contributed by atoms with Crippen molar-refractivity contribution in [2.75, 3.05) is 25.1 Å². The zero-order valence-electron chi connectivity index (χ0n) is 13.8. The van der Waals surface area contributed by atoms with Gasteiger partial charge in [0.1, 0.15) is 12.2 Å². The molecule has 0 aromatic carbocycles. The lowest BCUT2D eigenvalue weighted by Gasteiger charge is -2.23. The summed E-state index contributed by atoms with van der Waals surface area (Å²) in [6.07, 6.45) is -2.31. The van der Waals surface area contributed by atoms with E-state index < -0.39 is 31.2 Å². The third-order valence-electron chi connectivity index (χ3n) is 4.70. The summed E-state index contributed by atoms with van der Waals surface area (Å²) in [5.41, 5.74) is 0.719. The van der Waals surface area contributed by atoms with Crippen molar-refractivity contribution >= 4 is 28.6 Å². The Labute approximate surface area is 153 Å². The largest absolute Gasteiger partial charge is 0.394 e. The van der Waals surface area contributed by atoms with E-state index in [9.17, 15) is 14.6 Å². The molecule has 0 saturated carbocycles. The number of anilines is 1. The highest BCUT2D eigenvalue weighted by Gasteiger charge is 2.45. The maximum absolute atomic E-state index is 14.4. The zero-order chi connectivity index (χ0) is 18.3. The molecule has 26 heavy (non-hydrogen) atoms. The quantitative estimate of drug-likeness (QED) is 0.655. The Morgan fingerprint density at radius 1 is 1.35 bits per heavy atom. The standard InChI is InChI=1S/C15H19ClFN5O4/c16-15-20-12(19-7-1-3-25-4-2-7)10-13(21-15)22(6-18-10)14-9(17)11(24)8(5-23)26-14/h6-9,11,14,23-24H,1-5H2,(H,19,20,21)/t8-,9+,11-,14-/m1/s1. The van der Waals surface area contributed by atoms with Gasteiger partial charge in [-0.15, -0.1) is 0 Å². The third kappa shape index (κ3) is 3.12. The normalized spacial score (nSPS) is 30.2. The number of fused-ring (bicyclic) bond motifs is 1. The van der Waals surface area contributed by atoms with Crippen LogP contribution in [-0.2, 0) is 9.47 Å². The summed E-state index contributed by atoms with van der Waals surface area (Å²) in [6, 6.07) is 0.167. The Morgan fingerprint density at radius 3 is 2.81 bits per heavy atom. The van der Waals surface area contributed by atoms with Gasteiger partial charge >= 0.3 is 0 Å². The maximum atomic E-state index is 14.4. The van der Waals surface area contributed by atoms with Crippen LogP contribution >= 0.6 is 11.6 Å². The average molecular weight is 388 g/mol. The lowest BCUT2D eigenvalue weighted by Crippen LogP contribution is -2.30. The van der Waals surface area contributed by atoms with E-state index in [1.54, 1.807) is 0 Å². The molecule has 2 aromatic rings. The number of nitrogens with one attached hydrogen (secondary N) is 1.